The number of esters is 1. The molecule has 0 unspecified atom stereocenters. The lowest BCUT2D eigenvalue weighted by atomic mass is 10.2. The lowest BCUT2D eigenvalue weighted by Crippen LogP contribution is -2.04. The fourth-order valence-electron chi connectivity index (χ4n) is 2.21. The van der Waals surface area contributed by atoms with Crippen LogP contribution in [0, 0.1) is 13.8 Å². The Morgan fingerprint density at radius 1 is 1.26 bits per heavy atom. The zero-order chi connectivity index (χ0) is 16.4. The van der Waals surface area contributed by atoms with E-state index in [1.165, 1.54) is 6.33 Å². The van der Waals surface area contributed by atoms with E-state index in [9.17, 15) is 4.79 Å². The van der Waals surface area contributed by atoms with Gasteiger partial charge in [-0.05, 0) is 38.5 Å². The van der Waals surface area contributed by atoms with Crippen LogP contribution in [0.1, 0.15) is 28.7 Å². The van der Waals surface area contributed by atoms with Gasteiger partial charge in [0.15, 0.2) is 0 Å². The van der Waals surface area contributed by atoms with Crippen LogP contribution < -0.4 is 5.32 Å². The van der Waals surface area contributed by atoms with Crippen LogP contribution in [-0.2, 0) is 4.74 Å². The van der Waals surface area contributed by atoms with Crippen molar-refractivity contribution in [3.63, 3.8) is 0 Å². The molecule has 0 atom stereocenters. The molecular formula is C16H17N5O2. The van der Waals surface area contributed by atoms with Gasteiger partial charge in [-0.25, -0.2) is 14.8 Å². The topological polar surface area (TPSA) is 92.8 Å². The number of carbonyl (C=O) groups excluding carboxylic acids is 1. The Bertz CT molecular complexity index is 872. The summed E-state index contributed by atoms with van der Waals surface area (Å²) >= 11 is 0. The summed E-state index contributed by atoms with van der Waals surface area (Å²) in [6, 6.07) is 3.68. The quantitative estimate of drug-likeness (QED) is 0.720. The summed E-state index contributed by atoms with van der Waals surface area (Å²) < 4.78 is 5.00. The normalized spacial score (nSPS) is 10.7. The molecular weight excluding hydrogens is 294 g/mol. The summed E-state index contributed by atoms with van der Waals surface area (Å²) in [7, 11) is 0. The number of nitrogens with one attached hydrogen (secondary N) is 2. The molecule has 0 radical (unpaired) electrons. The first-order valence-corrected chi connectivity index (χ1v) is 7.29. The van der Waals surface area contributed by atoms with Gasteiger partial charge in [0.05, 0.1) is 23.9 Å². The predicted molar refractivity (Wildman–Crippen MR) is 86.8 cm³/mol. The van der Waals surface area contributed by atoms with E-state index in [-0.39, 0.29) is 0 Å². The minimum Gasteiger partial charge on any atom is -0.461 e. The van der Waals surface area contributed by atoms with E-state index in [0.717, 1.165) is 16.9 Å². The van der Waals surface area contributed by atoms with Gasteiger partial charge >= 0.3 is 5.97 Å². The second-order valence-electron chi connectivity index (χ2n) is 5.14. The molecule has 23 heavy (non-hydrogen) atoms. The van der Waals surface area contributed by atoms with Crippen molar-refractivity contribution in [2.24, 2.45) is 0 Å². The summed E-state index contributed by atoms with van der Waals surface area (Å²) in [6.45, 7) is 6.04. The van der Waals surface area contributed by atoms with E-state index in [1.54, 1.807) is 19.2 Å². The van der Waals surface area contributed by atoms with Gasteiger partial charge < -0.3 is 15.0 Å². The van der Waals surface area contributed by atoms with Crippen molar-refractivity contribution in [1.82, 2.24) is 19.9 Å². The van der Waals surface area contributed by atoms with Crippen LogP contribution in [0.2, 0.25) is 0 Å². The molecule has 3 aromatic heterocycles. The maximum atomic E-state index is 11.8. The van der Waals surface area contributed by atoms with Crippen molar-refractivity contribution in [1.29, 1.82) is 0 Å². The summed E-state index contributed by atoms with van der Waals surface area (Å²) in [4.78, 5) is 27.5. The minimum absolute atomic E-state index is 0.319. The zero-order valence-corrected chi connectivity index (χ0v) is 13.2. The molecule has 0 spiro atoms. The number of fused-ring (bicyclic) bond motifs is 1. The van der Waals surface area contributed by atoms with E-state index in [0.29, 0.717) is 29.2 Å². The Hall–Kier alpha value is -2.96. The number of anilines is 2. The summed E-state index contributed by atoms with van der Waals surface area (Å²) in [5, 5.41) is 3.93. The third kappa shape index (κ3) is 2.98. The minimum atomic E-state index is -0.413. The van der Waals surface area contributed by atoms with Gasteiger partial charge in [0.2, 0.25) is 0 Å². The number of hydrogen-bond donors (Lipinski definition) is 2. The molecule has 3 rings (SSSR count). The van der Waals surface area contributed by atoms with Gasteiger partial charge in [0, 0.05) is 5.69 Å². The standard InChI is InChI=1S/C16H17N5O2/c1-4-23-16(22)13-6-12-14(18-8-19-15(12)21-13)20-11-5-9(2)10(3)17-7-11/h5-8H,4H2,1-3H3,(H2,18,19,20,21). The van der Waals surface area contributed by atoms with Crippen molar-refractivity contribution in [3.05, 3.63) is 41.6 Å². The van der Waals surface area contributed by atoms with Crippen LogP contribution in [0.15, 0.2) is 24.7 Å². The summed E-state index contributed by atoms with van der Waals surface area (Å²) in [5.74, 6) is 0.191. The van der Waals surface area contributed by atoms with Crippen LogP contribution in [0.5, 0.6) is 0 Å². The molecule has 0 aliphatic rings. The van der Waals surface area contributed by atoms with Gasteiger partial charge in [-0.3, -0.25) is 4.98 Å². The number of aromatic nitrogens is 4. The molecule has 0 saturated carbocycles. The van der Waals surface area contributed by atoms with Gasteiger partial charge in [0.25, 0.3) is 0 Å². The van der Waals surface area contributed by atoms with Crippen molar-refractivity contribution >= 4 is 28.5 Å². The van der Waals surface area contributed by atoms with Gasteiger partial charge in [-0.1, -0.05) is 0 Å². The van der Waals surface area contributed by atoms with Crippen molar-refractivity contribution in [3.8, 4) is 0 Å². The molecule has 0 aliphatic heterocycles. The Labute approximate surface area is 133 Å². The van der Waals surface area contributed by atoms with Gasteiger partial charge in [-0.2, -0.15) is 0 Å². The first-order chi connectivity index (χ1) is 11.1. The fourth-order valence-corrected chi connectivity index (χ4v) is 2.21. The number of hydrogen-bond acceptors (Lipinski definition) is 6. The lowest BCUT2D eigenvalue weighted by Gasteiger charge is -2.07. The van der Waals surface area contributed by atoms with Crippen LogP contribution in [0.3, 0.4) is 0 Å². The highest BCUT2D eigenvalue weighted by Gasteiger charge is 2.14. The zero-order valence-electron chi connectivity index (χ0n) is 13.2. The Balaban J connectivity index is 1.97. The third-order valence-corrected chi connectivity index (χ3v) is 3.52. The fraction of sp³-hybridized carbons (Fsp3) is 0.250. The monoisotopic (exact) mass is 311 g/mol. The number of H-pyrrole nitrogens is 1. The van der Waals surface area contributed by atoms with Gasteiger partial charge in [-0.15, -0.1) is 0 Å². The predicted octanol–water partition coefficient (Wildman–Crippen LogP) is 2.89. The maximum Gasteiger partial charge on any atom is 0.354 e. The molecule has 0 aliphatic carbocycles. The maximum absolute atomic E-state index is 11.8. The number of aryl methyl sites for hydroxylation is 2. The number of ether oxygens (including phenoxy) is 1. The van der Waals surface area contributed by atoms with Crippen molar-refractivity contribution < 1.29 is 9.53 Å². The van der Waals surface area contributed by atoms with Crippen LogP contribution >= 0.6 is 0 Å². The first-order valence-electron chi connectivity index (χ1n) is 7.29. The molecule has 7 heteroatoms. The highest BCUT2D eigenvalue weighted by atomic mass is 16.5. The number of nitrogens with zero attached hydrogens (tertiary/aromatic N) is 3. The number of carbonyl (C=O) groups is 1. The molecule has 2 N–H and O–H groups in total. The molecule has 0 fully saturated rings. The molecule has 3 heterocycles. The SMILES string of the molecule is CCOC(=O)c1cc2c(Nc3cnc(C)c(C)c3)ncnc2[nH]1. The van der Waals surface area contributed by atoms with E-state index >= 15 is 0 Å². The summed E-state index contributed by atoms with van der Waals surface area (Å²) in [5.41, 5.74) is 3.81. The molecule has 7 nitrogen and oxygen atoms in total. The number of pyridine rings is 1. The Kier molecular flexibility index (Phi) is 3.92. The average Bonchev–Trinajstić information content (AvgIpc) is 2.96. The van der Waals surface area contributed by atoms with Crippen molar-refractivity contribution in [2.45, 2.75) is 20.8 Å². The highest BCUT2D eigenvalue weighted by Crippen LogP contribution is 2.24. The first kappa shape index (κ1) is 15.0. The molecule has 3 aromatic rings. The van der Waals surface area contributed by atoms with Crippen LogP contribution in [0.4, 0.5) is 11.5 Å². The largest absolute Gasteiger partial charge is 0.461 e. The number of aromatic amines is 1. The molecule has 0 saturated heterocycles. The van der Waals surface area contributed by atoms with Gasteiger partial charge in [0.1, 0.15) is 23.5 Å². The Morgan fingerprint density at radius 2 is 2.09 bits per heavy atom. The van der Waals surface area contributed by atoms with E-state index < -0.39 is 5.97 Å². The van der Waals surface area contributed by atoms with E-state index in [4.69, 9.17) is 4.74 Å². The lowest BCUT2D eigenvalue weighted by molar-refractivity contribution is 0.0520. The Morgan fingerprint density at radius 3 is 2.83 bits per heavy atom. The third-order valence-electron chi connectivity index (χ3n) is 3.52. The van der Waals surface area contributed by atoms with E-state index in [2.05, 4.69) is 25.3 Å². The van der Waals surface area contributed by atoms with E-state index in [1.807, 2.05) is 19.9 Å². The van der Waals surface area contributed by atoms with Crippen LogP contribution in [0.25, 0.3) is 11.0 Å². The second-order valence-corrected chi connectivity index (χ2v) is 5.14. The number of rotatable bonds is 4. The highest BCUT2D eigenvalue weighted by molar-refractivity contribution is 5.97. The van der Waals surface area contributed by atoms with Crippen molar-refractivity contribution in [2.75, 3.05) is 11.9 Å². The molecule has 0 bridgehead atoms. The molecule has 0 aromatic carbocycles. The van der Waals surface area contributed by atoms with Crippen LogP contribution in [-0.4, -0.2) is 32.5 Å². The molecule has 0 amide bonds. The smallest absolute Gasteiger partial charge is 0.354 e. The summed E-state index contributed by atoms with van der Waals surface area (Å²) in [6.07, 6.45) is 3.18. The average molecular weight is 311 g/mol. The second kappa shape index (κ2) is 6.04. The molecule has 118 valence electrons.